The van der Waals surface area contributed by atoms with Crippen LogP contribution in [0.15, 0.2) is 0 Å². The molecule has 0 saturated carbocycles. The summed E-state index contributed by atoms with van der Waals surface area (Å²) in [5.74, 6) is -3.12. The molecule has 1 aliphatic rings. The summed E-state index contributed by atoms with van der Waals surface area (Å²) in [6, 6.07) is -0.791. The summed E-state index contributed by atoms with van der Waals surface area (Å²) in [6.45, 7) is 1.54. The van der Waals surface area contributed by atoms with Crippen molar-refractivity contribution in [3.05, 3.63) is 15.6 Å². The van der Waals surface area contributed by atoms with E-state index in [1.54, 1.807) is 0 Å². The molecule has 0 bridgehead atoms. The van der Waals surface area contributed by atoms with Gasteiger partial charge in [-0.3, -0.25) is 4.79 Å². The van der Waals surface area contributed by atoms with Crippen LogP contribution >= 0.6 is 11.3 Å². The van der Waals surface area contributed by atoms with Gasteiger partial charge in [0, 0.05) is 11.4 Å². The summed E-state index contributed by atoms with van der Waals surface area (Å²) in [5.41, 5.74) is -0.170. The zero-order valence-electron chi connectivity index (χ0n) is 10.4. The van der Waals surface area contributed by atoms with Gasteiger partial charge >= 0.3 is 18.1 Å². The highest BCUT2D eigenvalue weighted by atomic mass is 32.1. The lowest BCUT2D eigenvalue weighted by atomic mass is 10.2. The molecule has 1 aliphatic heterocycles. The third-order valence-electron chi connectivity index (χ3n) is 3.06. The van der Waals surface area contributed by atoms with Crippen LogP contribution in [0, 0.1) is 6.92 Å². The standard InChI is InChI=1S/C11H11F3N2O3S/c1-5-7(9(17)18)15-8(20-5)6-3-2-4-16(6)10(19)11(12,13)14/h6H,2-4H2,1H3,(H,17,18). The maximum absolute atomic E-state index is 12.5. The molecule has 0 aromatic carbocycles. The van der Waals surface area contributed by atoms with Crippen LogP contribution in [0.2, 0.25) is 0 Å². The molecule has 2 heterocycles. The summed E-state index contributed by atoms with van der Waals surface area (Å²) >= 11 is 1.02. The number of carbonyl (C=O) groups excluding carboxylic acids is 1. The number of amides is 1. The highest BCUT2D eigenvalue weighted by Crippen LogP contribution is 2.37. The lowest BCUT2D eigenvalue weighted by Gasteiger charge is -2.23. The third-order valence-corrected chi connectivity index (χ3v) is 4.13. The molecule has 1 unspecified atom stereocenters. The van der Waals surface area contributed by atoms with E-state index in [9.17, 15) is 22.8 Å². The lowest BCUT2D eigenvalue weighted by molar-refractivity contribution is -0.186. The number of carbonyl (C=O) groups is 2. The largest absolute Gasteiger partial charge is 0.476 e. The van der Waals surface area contributed by atoms with E-state index in [4.69, 9.17) is 5.11 Å². The van der Waals surface area contributed by atoms with E-state index in [1.807, 2.05) is 0 Å². The van der Waals surface area contributed by atoms with Crippen LogP contribution < -0.4 is 0 Å². The molecular formula is C11H11F3N2O3S. The van der Waals surface area contributed by atoms with Gasteiger partial charge in [0.15, 0.2) is 5.69 Å². The fourth-order valence-corrected chi connectivity index (χ4v) is 3.25. The van der Waals surface area contributed by atoms with Crippen molar-refractivity contribution in [2.45, 2.75) is 32.0 Å². The number of aromatic nitrogens is 1. The molecule has 0 radical (unpaired) electrons. The maximum atomic E-state index is 12.5. The summed E-state index contributed by atoms with van der Waals surface area (Å²) in [4.78, 5) is 27.3. The Balaban J connectivity index is 2.30. The van der Waals surface area contributed by atoms with E-state index < -0.39 is 24.1 Å². The number of alkyl halides is 3. The average molecular weight is 308 g/mol. The zero-order chi connectivity index (χ0) is 15.1. The van der Waals surface area contributed by atoms with Gasteiger partial charge in [-0.05, 0) is 19.8 Å². The SMILES string of the molecule is Cc1sc(C2CCCN2C(=O)C(F)(F)F)nc1C(=O)O. The van der Waals surface area contributed by atoms with Crippen molar-refractivity contribution in [1.29, 1.82) is 0 Å². The van der Waals surface area contributed by atoms with E-state index in [2.05, 4.69) is 4.98 Å². The Bertz CT molecular complexity index is 556. The fraction of sp³-hybridized carbons (Fsp3) is 0.545. The van der Waals surface area contributed by atoms with Crippen molar-refractivity contribution in [2.75, 3.05) is 6.54 Å². The number of hydrogen-bond acceptors (Lipinski definition) is 4. The molecule has 20 heavy (non-hydrogen) atoms. The van der Waals surface area contributed by atoms with Crippen LogP contribution in [-0.2, 0) is 4.79 Å². The normalized spacial score (nSPS) is 19.4. The van der Waals surface area contributed by atoms with Crippen LogP contribution in [-0.4, -0.2) is 39.6 Å². The fourth-order valence-electron chi connectivity index (χ4n) is 2.19. The predicted molar refractivity (Wildman–Crippen MR) is 63.6 cm³/mol. The molecule has 2 rings (SSSR count). The van der Waals surface area contributed by atoms with Crippen LogP contribution in [0.25, 0.3) is 0 Å². The number of thiazole rings is 1. The number of carboxylic acid groups (broad SMARTS) is 1. The highest BCUT2D eigenvalue weighted by molar-refractivity contribution is 7.12. The average Bonchev–Trinajstić information content (AvgIpc) is 2.92. The highest BCUT2D eigenvalue weighted by Gasteiger charge is 2.47. The van der Waals surface area contributed by atoms with Crippen molar-refractivity contribution in [1.82, 2.24) is 9.88 Å². The Labute approximate surface area is 116 Å². The molecule has 1 atom stereocenters. The molecule has 110 valence electrons. The van der Waals surface area contributed by atoms with E-state index in [1.165, 1.54) is 6.92 Å². The van der Waals surface area contributed by atoms with Gasteiger partial charge in [0.25, 0.3) is 0 Å². The van der Waals surface area contributed by atoms with Gasteiger partial charge in [-0.15, -0.1) is 11.3 Å². The molecule has 9 heteroatoms. The molecule has 0 aliphatic carbocycles. The van der Waals surface area contributed by atoms with Crippen molar-refractivity contribution >= 4 is 23.2 Å². The minimum Gasteiger partial charge on any atom is -0.476 e. The van der Waals surface area contributed by atoms with E-state index >= 15 is 0 Å². The summed E-state index contributed by atoms with van der Waals surface area (Å²) in [6.07, 6.45) is -4.13. The van der Waals surface area contributed by atoms with E-state index in [-0.39, 0.29) is 17.2 Å². The summed E-state index contributed by atoms with van der Waals surface area (Å²) < 4.78 is 37.5. The number of aromatic carboxylic acids is 1. The molecule has 1 amide bonds. The topological polar surface area (TPSA) is 70.5 Å². The molecule has 1 aromatic heterocycles. The zero-order valence-corrected chi connectivity index (χ0v) is 11.2. The molecule has 1 N–H and O–H groups in total. The molecule has 1 aromatic rings. The molecule has 5 nitrogen and oxygen atoms in total. The molecule has 1 saturated heterocycles. The van der Waals surface area contributed by atoms with Gasteiger partial charge in [0.2, 0.25) is 0 Å². The summed E-state index contributed by atoms with van der Waals surface area (Å²) in [5, 5.41) is 9.16. The number of carboxylic acids is 1. The number of halogens is 3. The smallest absolute Gasteiger partial charge is 0.471 e. The number of aryl methyl sites for hydroxylation is 1. The number of rotatable bonds is 2. The van der Waals surface area contributed by atoms with Crippen LogP contribution in [0.5, 0.6) is 0 Å². The second kappa shape index (κ2) is 5.04. The van der Waals surface area contributed by atoms with Crippen LogP contribution in [0.1, 0.15) is 39.3 Å². The lowest BCUT2D eigenvalue weighted by Crippen LogP contribution is -2.40. The minimum atomic E-state index is -4.93. The van der Waals surface area contributed by atoms with E-state index in [0.717, 1.165) is 16.2 Å². The maximum Gasteiger partial charge on any atom is 0.471 e. The third kappa shape index (κ3) is 2.62. The Kier molecular flexibility index (Phi) is 3.72. The van der Waals surface area contributed by atoms with Gasteiger partial charge in [-0.1, -0.05) is 0 Å². The monoisotopic (exact) mass is 308 g/mol. The number of nitrogens with zero attached hydrogens (tertiary/aromatic N) is 2. The van der Waals surface area contributed by atoms with Crippen LogP contribution in [0.3, 0.4) is 0 Å². The molecular weight excluding hydrogens is 297 g/mol. The first kappa shape index (κ1) is 14.8. The summed E-state index contributed by atoms with van der Waals surface area (Å²) in [7, 11) is 0. The Morgan fingerprint density at radius 1 is 1.45 bits per heavy atom. The van der Waals surface area contributed by atoms with Crippen molar-refractivity contribution < 1.29 is 27.9 Å². The van der Waals surface area contributed by atoms with Gasteiger partial charge in [-0.2, -0.15) is 13.2 Å². The Hall–Kier alpha value is -1.64. The predicted octanol–water partition coefficient (Wildman–Crippen LogP) is 2.38. The first-order valence-corrected chi connectivity index (χ1v) is 6.62. The molecule has 1 fully saturated rings. The van der Waals surface area contributed by atoms with Crippen molar-refractivity contribution in [2.24, 2.45) is 0 Å². The van der Waals surface area contributed by atoms with Gasteiger partial charge < -0.3 is 10.0 Å². The first-order chi connectivity index (χ1) is 9.21. The number of likely N-dealkylation sites (tertiary alicyclic amines) is 1. The number of hydrogen-bond donors (Lipinski definition) is 1. The van der Waals surface area contributed by atoms with Gasteiger partial charge in [0.05, 0.1) is 6.04 Å². The molecule has 0 spiro atoms. The quantitative estimate of drug-likeness (QED) is 0.910. The van der Waals surface area contributed by atoms with E-state index in [0.29, 0.717) is 17.7 Å². The van der Waals surface area contributed by atoms with Crippen molar-refractivity contribution in [3.8, 4) is 0 Å². The van der Waals surface area contributed by atoms with Crippen molar-refractivity contribution in [3.63, 3.8) is 0 Å². The Morgan fingerprint density at radius 2 is 2.10 bits per heavy atom. The van der Waals surface area contributed by atoms with Crippen LogP contribution in [0.4, 0.5) is 13.2 Å². The Morgan fingerprint density at radius 3 is 2.60 bits per heavy atom. The minimum absolute atomic E-state index is 0.00401. The second-order valence-electron chi connectivity index (χ2n) is 4.42. The van der Waals surface area contributed by atoms with Gasteiger partial charge in [0.1, 0.15) is 5.01 Å². The first-order valence-electron chi connectivity index (χ1n) is 5.80. The second-order valence-corrected chi connectivity index (χ2v) is 5.65. The van der Waals surface area contributed by atoms with Gasteiger partial charge in [-0.25, -0.2) is 9.78 Å².